The maximum absolute atomic E-state index is 12.8. The predicted octanol–water partition coefficient (Wildman–Crippen LogP) is 2.66. The van der Waals surface area contributed by atoms with Crippen LogP contribution in [0.4, 0.5) is 4.39 Å². The Morgan fingerprint density at radius 1 is 1.20 bits per heavy atom. The molecule has 0 unspecified atom stereocenters. The van der Waals surface area contributed by atoms with E-state index in [4.69, 9.17) is 4.74 Å². The summed E-state index contributed by atoms with van der Waals surface area (Å²) in [5.41, 5.74) is 1.85. The van der Waals surface area contributed by atoms with Crippen LogP contribution < -0.4 is 10.1 Å². The second-order valence-electron chi connectivity index (χ2n) is 5.46. The molecule has 1 amide bonds. The van der Waals surface area contributed by atoms with Gasteiger partial charge in [0.15, 0.2) is 6.61 Å². The fourth-order valence-corrected chi connectivity index (χ4v) is 2.30. The molecule has 0 aliphatic carbocycles. The van der Waals surface area contributed by atoms with Crippen molar-refractivity contribution in [3.05, 3.63) is 72.6 Å². The van der Waals surface area contributed by atoms with Crippen LogP contribution in [0.1, 0.15) is 18.5 Å². The van der Waals surface area contributed by atoms with Gasteiger partial charge in [-0.1, -0.05) is 12.1 Å². The molecule has 0 aliphatic heterocycles. The van der Waals surface area contributed by atoms with Crippen molar-refractivity contribution in [2.45, 2.75) is 13.0 Å². The number of nitrogens with zero attached hydrogens (tertiary/aromatic N) is 3. The lowest BCUT2D eigenvalue weighted by molar-refractivity contribution is -0.123. The monoisotopic (exact) mass is 340 g/mol. The van der Waals surface area contributed by atoms with Crippen LogP contribution in [-0.2, 0) is 4.79 Å². The summed E-state index contributed by atoms with van der Waals surface area (Å²) in [6.45, 7) is 1.76. The smallest absolute Gasteiger partial charge is 0.258 e. The highest BCUT2D eigenvalue weighted by molar-refractivity contribution is 5.78. The molecule has 0 saturated heterocycles. The van der Waals surface area contributed by atoms with Gasteiger partial charge >= 0.3 is 0 Å². The number of carbonyl (C=O) groups excluding carboxylic acids is 1. The number of hydrogen-bond donors (Lipinski definition) is 1. The molecule has 0 spiro atoms. The molecular weight excluding hydrogens is 323 g/mol. The van der Waals surface area contributed by atoms with Crippen molar-refractivity contribution < 1.29 is 13.9 Å². The zero-order valence-corrected chi connectivity index (χ0v) is 13.6. The molecule has 3 aromatic rings. The predicted molar refractivity (Wildman–Crippen MR) is 89.8 cm³/mol. The first-order chi connectivity index (χ1) is 12.1. The van der Waals surface area contributed by atoms with Gasteiger partial charge in [-0.15, -0.1) is 0 Å². The first kappa shape index (κ1) is 16.6. The number of nitrogens with one attached hydrogen (secondary N) is 1. The van der Waals surface area contributed by atoms with Crippen LogP contribution in [0, 0.1) is 5.82 Å². The van der Waals surface area contributed by atoms with Crippen molar-refractivity contribution in [1.82, 2.24) is 20.1 Å². The van der Waals surface area contributed by atoms with Gasteiger partial charge in [-0.2, -0.15) is 5.10 Å². The molecule has 25 heavy (non-hydrogen) atoms. The molecule has 0 aliphatic rings. The highest BCUT2D eigenvalue weighted by atomic mass is 19.1. The van der Waals surface area contributed by atoms with Crippen LogP contribution in [-0.4, -0.2) is 27.3 Å². The van der Waals surface area contributed by atoms with E-state index in [0.29, 0.717) is 5.75 Å². The highest BCUT2D eigenvalue weighted by Gasteiger charge is 2.10. The van der Waals surface area contributed by atoms with E-state index in [9.17, 15) is 9.18 Å². The molecule has 1 heterocycles. The highest BCUT2D eigenvalue weighted by Crippen LogP contribution is 2.15. The molecule has 1 N–H and O–H groups in total. The summed E-state index contributed by atoms with van der Waals surface area (Å²) in [4.78, 5) is 15.9. The molecule has 6 nitrogen and oxygen atoms in total. The maximum Gasteiger partial charge on any atom is 0.258 e. The summed E-state index contributed by atoms with van der Waals surface area (Å²) < 4.78 is 19.8. The van der Waals surface area contributed by atoms with Crippen molar-refractivity contribution in [2.24, 2.45) is 0 Å². The molecule has 0 fully saturated rings. The van der Waals surface area contributed by atoms with E-state index in [0.717, 1.165) is 11.3 Å². The van der Waals surface area contributed by atoms with Gasteiger partial charge in [0, 0.05) is 0 Å². The number of amides is 1. The van der Waals surface area contributed by atoms with Crippen LogP contribution >= 0.6 is 0 Å². The van der Waals surface area contributed by atoms with E-state index in [1.165, 1.54) is 30.6 Å². The topological polar surface area (TPSA) is 69.0 Å². The average molecular weight is 340 g/mol. The molecule has 0 bridgehead atoms. The SMILES string of the molecule is C[C@@H](NC(=O)COc1ccc(F)cc1)c1ccc(-n2cncn2)cc1. The van der Waals surface area contributed by atoms with Crippen LogP contribution in [0.3, 0.4) is 0 Å². The molecule has 3 rings (SSSR count). The van der Waals surface area contributed by atoms with E-state index in [-0.39, 0.29) is 24.4 Å². The van der Waals surface area contributed by atoms with E-state index >= 15 is 0 Å². The van der Waals surface area contributed by atoms with E-state index in [2.05, 4.69) is 15.4 Å². The fraction of sp³-hybridized carbons (Fsp3) is 0.167. The van der Waals surface area contributed by atoms with Crippen LogP contribution in [0.15, 0.2) is 61.2 Å². The Hall–Kier alpha value is -3.22. The number of ether oxygens (including phenoxy) is 1. The quantitative estimate of drug-likeness (QED) is 0.749. The normalized spacial score (nSPS) is 11.8. The number of halogens is 1. The summed E-state index contributed by atoms with van der Waals surface area (Å²) in [6.07, 6.45) is 3.09. The average Bonchev–Trinajstić information content (AvgIpc) is 3.16. The first-order valence-electron chi connectivity index (χ1n) is 7.74. The van der Waals surface area contributed by atoms with Gasteiger partial charge in [0.05, 0.1) is 11.7 Å². The van der Waals surface area contributed by atoms with Gasteiger partial charge in [-0.3, -0.25) is 4.79 Å². The van der Waals surface area contributed by atoms with E-state index in [1.54, 1.807) is 11.0 Å². The van der Waals surface area contributed by atoms with E-state index in [1.807, 2.05) is 31.2 Å². The van der Waals surface area contributed by atoms with Gasteiger partial charge in [-0.05, 0) is 48.9 Å². The lowest BCUT2D eigenvalue weighted by Gasteiger charge is -2.15. The van der Waals surface area contributed by atoms with Crippen molar-refractivity contribution in [3.8, 4) is 11.4 Å². The summed E-state index contributed by atoms with van der Waals surface area (Å²) in [7, 11) is 0. The number of hydrogen-bond acceptors (Lipinski definition) is 4. The Balaban J connectivity index is 1.53. The Kier molecular flexibility index (Phi) is 5.03. The minimum absolute atomic E-state index is 0.132. The molecule has 0 saturated carbocycles. The van der Waals surface area contributed by atoms with Crippen molar-refractivity contribution in [2.75, 3.05) is 6.61 Å². The maximum atomic E-state index is 12.8. The summed E-state index contributed by atoms with van der Waals surface area (Å²) in [6, 6.07) is 13.0. The number of aromatic nitrogens is 3. The summed E-state index contributed by atoms with van der Waals surface area (Å²) >= 11 is 0. The van der Waals surface area contributed by atoms with Gasteiger partial charge in [0.1, 0.15) is 24.2 Å². The Morgan fingerprint density at radius 2 is 1.92 bits per heavy atom. The second-order valence-corrected chi connectivity index (χ2v) is 5.46. The fourth-order valence-electron chi connectivity index (χ4n) is 2.30. The van der Waals surface area contributed by atoms with Crippen LogP contribution in [0.25, 0.3) is 5.69 Å². The van der Waals surface area contributed by atoms with Gasteiger partial charge in [0.2, 0.25) is 0 Å². The third-order valence-electron chi connectivity index (χ3n) is 3.64. The van der Waals surface area contributed by atoms with Gasteiger partial charge in [0.25, 0.3) is 5.91 Å². The molecule has 1 atom stereocenters. The number of rotatable bonds is 6. The molecular formula is C18H17FN4O2. The number of benzene rings is 2. The number of carbonyl (C=O) groups is 1. The first-order valence-corrected chi connectivity index (χ1v) is 7.74. The van der Waals surface area contributed by atoms with Gasteiger partial charge in [-0.25, -0.2) is 14.1 Å². The lowest BCUT2D eigenvalue weighted by Crippen LogP contribution is -2.31. The van der Waals surface area contributed by atoms with Crippen molar-refractivity contribution in [3.63, 3.8) is 0 Å². The Bertz CT molecular complexity index is 817. The largest absolute Gasteiger partial charge is 0.484 e. The summed E-state index contributed by atoms with van der Waals surface area (Å²) in [5, 5.41) is 6.92. The molecule has 128 valence electrons. The lowest BCUT2D eigenvalue weighted by atomic mass is 10.1. The van der Waals surface area contributed by atoms with E-state index < -0.39 is 0 Å². The molecule has 0 radical (unpaired) electrons. The standard InChI is InChI=1S/C18H17FN4O2/c1-13(14-2-6-16(7-3-14)23-12-20-11-21-23)22-18(24)10-25-17-8-4-15(19)5-9-17/h2-9,11-13H,10H2,1H3,(H,22,24)/t13-/m1/s1. The second kappa shape index (κ2) is 7.57. The molecule has 7 heteroatoms. The third kappa shape index (κ3) is 4.41. The van der Waals surface area contributed by atoms with Gasteiger partial charge < -0.3 is 10.1 Å². The third-order valence-corrected chi connectivity index (χ3v) is 3.64. The zero-order valence-electron chi connectivity index (χ0n) is 13.6. The van der Waals surface area contributed by atoms with Crippen LogP contribution in [0.2, 0.25) is 0 Å². The minimum atomic E-state index is -0.347. The van der Waals surface area contributed by atoms with Crippen molar-refractivity contribution >= 4 is 5.91 Å². The Morgan fingerprint density at radius 3 is 2.56 bits per heavy atom. The summed E-state index contributed by atoms with van der Waals surface area (Å²) in [5.74, 6) is -0.154. The van der Waals surface area contributed by atoms with Crippen molar-refractivity contribution in [1.29, 1.82) is 0 Å². The Labute approximate surface area is 144 Å². The molecule has 1 aromatic heterocycles. The molecule has 2 aromatic carbocycles. The zero-order chi connectivity index (χ0) is 17.6. The minimum Gasteiger partial charge on any atom is -0.484 e. The van der Waals surface area contributed by atoms with Crippen LogP contribution in [0.5, 0.6) is 5.75 Å².